The zero-order valence-electron chi connectivity index (χ0n) is 10.1. The van der Waals surface area contributed by atoms with Gasteiger partial charge in [0.1, 0.15) is 0 Å². The van der Waals surface area contributed by atoms with Gasteiger partial charge in [0, 0.05) is 8.80 Å². The summed E-state index contributed by atoms with van der Waals surface area (Å²) in [6, 6.07) is 2.86. The zero-order chi connectivity index (χ0) is 11.0. The summed E-state index contributed by atoms with van der Waals surface area (Å²) >= 11 is 0. The van der Waals surface area contributed by atoms with Crippen LogP contribution >= 0.6 is 0 Å². The molecule has 0 amide bonds. The van der Waals surface area contributed by atoms with Crippen LogP contribution in [0.5, 0.6) is 0 Å². The molecule has 0 aliphatic heterocycles. The topological polar surface area (TPSA) is 0 Å². The van der Waals surface area contributed by atoms with Crippen molar-refractivity contribution in [3.05, 3.63) is 25.3 Å². The molecule has 0 spiro atoms. The minimum absolute atomic E-state index is 0.127. The fourth-order valence-electron chi connectivity index (χ4n) is 2.01. The van der Waals surface area contributed by atoms with Gasteiger partial charge < -0.3 is 0 Å². The number of hydrogen-bond donors (Lipinski definition) is 0. The first-order chi connectivity index (χ1) is 6.60. The average molecular weight is 209 g/mol. The normalized spacial score (nSPS) is 15.1. The Balaban J connectivity index is 3.67. The molecule has 2 atom stereocenters. The minimum atomic E-state index is -0.127. The molecule has 0 nitrogen and oxygen atoms in total. The van der Waals surface area contributed by atoms with Gasteiger partial charge in [-0.05, 0) is 24.7 Å². The van der Waals surface area contributed by atoms with Crippen LogP contribution in [0.2, 0.25) is 18.6 Å². The maximum Gasteiger partial charge on any atom is 0.0451 e. The monoisotopic (exact) mass is 209 g/mol. The highest BCUT2D eigenvalue weighted by Gasteiger charge is 2.12. The van der Waals surface area contributed by atoms with Gasteiger partial charge in [-0.15, -0.1) is 13.2 Å². The van der Waals surface area contributed by atoms with E-state index >= 15 is 0 Å². The summed E-state index contributed by atoms with van der Waals surface area (Å²) < 4.78 is 0. The molecule has 0 fully saturated rings. The first kappa shape index (κ1) is 13.7. The van der Waals surface area contributed by atoms with E-state index in [1.54, 1.807) is 0 Å². The van der Waals surface area contributed by atoms with E-state index in [1.165, 1.54) is 24.9 Å². The molecule has 0 N–H and O–H groups in total. The summed E-state index contributed by atoms with van der Waals surface area (Å²) in [5.74, 6) is 1.67. The van der Waals surface area contributed by atoms with Crippen LogP contribution in [0.25, 0.3) is 0 Å². The van der Waals surface area contributed by atoms with Crippen molar-refractivity contribution in [3.63, 3.8) is 0 Å². The second-order valence-electron chi connectivity index (χ2n) is 4.62. The van der Waals surface area contributed by atoms with Gasteiger partial charge in [-0.2, -0.15) is 0 Å². The Bertz CT molecular complexity index is 145. The molecule has 0 saturated carbocycles. The highest BCUT2D eigenvalue weighted by Crippen LogP contribution is 2.19. The van der Waals surface area contributed by atoms with Gasteiger partial charge in [-0.3, -0.25) is 0 Å². The largest absolute Gasteiger partial charge is 0.103 e. The summed E-state index contributed by atoms with van der Waals surface area (Å²) in [6.45, 7) is 14.7. The third-order valence-electron chi connectivity index (χ3n) is 2.53. The predicted octanol–water partition coefficient (Wildman–Crippen LogP) is 4.54. The van der Waals surface area contributed by atoms with Gasteiger partial charge in [-0.25, -0.2) is 0 Å². The molecule has 1 radical (unpaired) electrons. The Morgan fingerprint density at radius 1 is 1.00 bits per heavy atom. The second kappa shape index (κ2) is 8.04. The molecule has 0 saturated heterocycles. The van der Waals surface area contributed by atoms with Crippen molar-refractivity contribution < 1.29 is 0 Å². The van der Waals surface area contributed by atoms with E-state index in [4.69, 9.17) is 0 Å². The average Bonchev–Trinajstić information content (AvgIpc) is 2.03. The third-order valence-corrected chi connectivity index (χ3v) is 5.32. The van der Waals surface area contributed by atoms with E-state index in [9.17, 15) is 0 Å². The molecule has 0 aliphatic carbocycles. The second-order valence-corrected chi connectivity index (χ2v) is 7.36. The molecule has 1 heteroatoms. The molecule has 14 heavy (non-hydrogen) atoms. The maximum atomic E-state index is 3.80. The van der Waals surface area contributed by atoms with Gasteiger partial charge in [0.05, 0.1) is 0 Å². The van der Waals surface area contributed by atoms with Gasteiger partial charge >= 0.3 is 0 Å². The summed E-state index contributed by atoms with van der Waals surface area (Å²) in [5, 5.41) is 0. The Kier molecular flexibility index (Phi) is 7.87. The van der Waals surface area contributed by atoms with Crippen molar-refractivity contribution in [1.82, 2.24) is 0 Å². The summed E-state index contributed by atoms with van der Waals surface area (Å²) in [4.78, 5) is 0. The van der Waals surface area contributed by atoms with E-state index in [2.05, 4.69) is 33.6 Å². The third kappa shape index (κ3) is 7.13. The molecule has 0 aromatic rings. The first-order valence-corrected chi connectivity index (χ1v) is 8.04. The quantitative estimate of drug-likeness (QED) is 0.407. The van der Waals surface area contributed by atoms with E-state index in [0.29, 0.717) is 0 Å². The molecule has 81 valence electrons. The Morgan fingerprint density at radius 3 is 1.64 bits per heavy atom. The smallest absolute Gasteiger partial charge is 0.0451 e. The Hall–Kier alpha value is -0.303. The van der Waals surface area contributed by atoms with Gasteiger partial charge in [0.2, 0.25) is 0 Å². The summed E-state index contributed by atoms with van der Waals surface area (Å²) in [6.07, 6.45) is 6.45. The van der Waals surface area contributed by atoms with E-state index in [0.717, 1.165) is 11.8 Å². The van der Waals surface area contributed by atoms with Crippen LogP contribution in [0.3, 0.4) is 0 Å². The standard InChI is InChI=1S/C13H25Si/c1-6-8-12(3)10-14(5)11-13(4)9-7-2/h6-7,12-13H,1-2,8-11H2,3-5H3. The Morgan fingerprint density at radius 2 is 1.36 bits per heavy atom. The van der Waals surface area contributed by atoms with Crippen molar-refractivity contribution >= 4 is 8.80 Å². The van der Waals surface area contributed by atoms with Crippen LogP contribution in [0, 0.1) is 11.8 Å². The molecular weight excluding hydrogens is 184 g/mol. The van der Waals surface area contributed by atoms with Crippen LogP contribution in [0.4, 0.5) is 0 Å². The minimum Gasteiger partial charge on any atom is -0.103 e. The molecule has 0 aromatic heterocycles. The van der Waals surface area contributed by atoms with Crippen molar-refractivity contribution in [1.29, 1.82) is 0 Å². The molecule has 0 bridgehead atoms. The lowest BCUT2D eigenvalue weighted by atomic mass is 10.1. The van der Waals surface area contributed by atoms with Gasteiger partial charge in [-0.1, -0.05) is 44.6 Å². The molecular formula is C13H25Si. The number of allylic oxidation sites excluding steroid dienone is 2. The predicted molar refractivity (Wildman–Crippen MR) is 69.2 cm³/mol. The van der Waals surface area contributed by atoms with Crippen LogP contribution in [0.15, 0.2) is 25.3 Å². The van der Waals surface area contributed by atoms with E-state index in [1.807, 2.05) is 12.2 Å². The number of rotatable bonds is 8. The zero-order valence-corrected chi connectivity index (χ0v) is 11.1. The van der Waals surface area contributed by atoms with Crippen LogP contribution in [0.1, 0.15) is 26.7 Å². The van der Waals surface area contributed by atoms with Gasteiger partial charge in [0.15, 0.2) is 0 Å². The lowest BCUT2D eigenvalue weighted by Crippen LogP contribution is -2.14. The molecule has 0 heterocycles. The van der Waals surface area contributed by atoms with Crippen molar-refractivity contribution in [3.8, 4) is 0 Å². The van der Waals surface area contributed by atoms with Crippen molar-refractivity contribution in [2.45, 2.75) is 45.3 Å². The lowest BCUT2D eigenvalue weighted by Gasteiger charge is -2.17. The van der Waals surface area contributed by atoms with Gasteiger partial charge in [0.25, 0.3) is 0 Å². The molecule has 0 aromatic carbocycles. The van der Waals surface area contributed by atoms with Crippen LogP contribution < -0.4 is 0 Å². The maximum absolute atomic E-state index is 3.80. The molecule has 0 rings (SSSR count). The SMILES string of the molecule is C=CCC(C)C[Si](C)CC(C)CC=C. The highest BCUT2D eigenvalue weighted by atomic mass is 28.3. The lowest BCUT2D eigenvalue weighted by molar-refractivity contribution is 0.627. The van der Waals surface area contributed by atoms with Crippen molar-refractivity contribution in [2.75, 3.05) is 0 Å². The fraction of sp³-hybridized carbons (Fsp3) is 0.692. The van der Waals surface area contributed by atoms with E-state index < -0.39 is 0 Å². The van der Waals surface area contributed by atoms with E-state index in [-0.39, 0.29) is 8.80 Å². The van der Waals surface area contributed by atoms with Crippen LogP contribution in [-0.2, 0) is 0 Å². The summed E-state index contributed by atoms with van der Waals surface area (Å²) in [7, 11) is -0.127. The summed E-state index contributed by atoms with van der Waals surface area (Å²) in [5.41, 5.74) is 0. The van der Waals surface area contributed by atoms with Crippen LogP contribution in [-0.4, -0.2) is 8.80 Å². The number of hydrogen-bond acceptors (Lipinski definition) is 0. The fourth-order valence-corrected chi connectivity index (χ4v) is 4.89. The van der Waals surface area contributed by atoms with Crippen molar-refractivity contribution in [2.24, 2.45) is 11.8 Å². The first-order valence-electron chi connectivity index (χ1n) is 5.63. The molecule has 2 unspecified atom stereocenters. The molecule has 0 aliphatic rings. The Labute approximate surface area is 91.7 Å². The highest BCUT2D eigenvalue weighted by molar-refractivity contribution is 6.57.